The fraction of sp³-hybridized carbons (Fsp3) is 0.923. The number of nitrogens with two attached hydrogens (primary N) is 1. The minimum absolute atomic E-state index is 0.0925. The highest BCUT2D eigenvalue weighted by Crippen LogP contribution is 2.30. The summed E-state index contributed by atoms with van der Waals surface area (Å²) >= 11 is 1.59. The Labute approximate surface area is 125 Å². The van der Waals surface area contributed by atoms with Crippen LogP contribution in [0.3, 0.4) is 0 Å². The maximum Gasteiger partial charge on any atom is 0.225 e. The summed E-state index contributed by atoms with van der Waals surface area (Å²) in [5.74, 6) is 1.18. The predicted octanol–water partition coefficient (Wildman–Crippen LogP) is 0.984. The highest BCUT2D eigenvalue weighted by molar-refractivity contribution is 8.00. The quantitative estimate of drug-likeness (QED) is 0.838. The first kappa shape index (κ1) is 16.1. The highest BCUT2D eigenvalue weighted by Gasteiger charge is 2.38. The maximum absolute atomic E-state index is 12.5. The molecule has 2 rings (SSSR count). The van der Waals surface area contributed by atoms with Crippen LogP contribution in [0.5, 0.6) is 0 Å². The van der Waals surface area contributed by atoms with Crippen molar-refractivity contribution in [3.05, 3.63) is 0 Å². The Morgan fingerprint density at radius 3 is 2.60 bits per heavy atom. The van der Waals surface area contributed by atoms with Crippen LogP contribution in [0.2, 0.25) is 0 Å². The summed E-state index contributed by atoms with van der Waals surface area (Å²) in [5.41, 5.74) is 5.89. The topological polar surface area (TPSA) is 80.5 Å². The molecule has 1 saturated carbocycles. The lowest BCUT2D eigenvalue weighted by molar-refractivity contribution is -0.133. The van der Waals surface area contributed by atoms with Crippen LogP contribution in [-0.4, -0.2) is 54.4 Å². The summed E-state index contributed by atoms with van der Waals surface area (Å²) < 4.78 is 23.7. The van der Waals surface area contributed by atoms with Gasteiger partial charge in [-0.2, -0.15) is 11.8 Å². The van der Waals surface area contributed by atoms with Crippen molar-refractivity contribution < 1.29 is 13.2 Å². The summed E-state index contributed by atoms with van der Waals surface area (Å²) in [5, 5.41) is -0.680. The molecule has 1 unspecified atom stereocenters. The normalized spacial score (nSPS) is 27.3. The second kappa shape index (κ2) is 6.23. The van der Waals surface area contributed by atoms with E-state index >= 15 is 0 Å². The first-order chi connectivity index (χ1) is 9.32. The van der Waals surface area contributed by atoms with Gasteiger partial charge in [0.1, 0.15) is 5.37 Å². The highest BCUT2D eigenvalue weighted by atomic mass is 32.2. The van der Waals surface area contributed by atoms with Gasteiger partial charge in [-0.25, -0.2) is 8.42 Å². The van der Waals surface area contributed by atoms with E-state index in [0.717, 1.165) is 31.4 Å². The third-order valence-corrected chi connectivity index (χ3v) is 6.90. The fourth-order valence-corrected chi connectivity index (χ4v) is 5.89. The third-order valence-electron chi connectivity index (χ3n) is 4.25. The minimum atomic E-state index is -3.24. The monoisotopic (exact) mass is 320 g/mol. The van der Waals surface area contributed by atoms with E-state index in [0.29, 0.717) is 12.3 Å². The predicted molar refractivity (Wildman–Crippen MR) is 82.3 cm³/mol. The van der Waals surface area contributed by atoms with E-state index in [1.165, 1.54) is 17.6 Å². The lowest BCUT2D eigenvalue weighted by atomic mass is 9.80. The van der Waals surface area contributed by atoms with Gasteiger partial charge in [-0.05, 0) is 12.8 Å². The summed E-state index contributed by atoms with van der Waals surface area (Å²) in [6, 6.07) is 0. The Kier molecular flexibility index (Phi) is 5.02. The molecule has 7 heteroatoms. The smallest absolute Gasteiger partial charge is 0.225 e. The van der Waals surface area contributed by atoms with Crippen molar-refractivity contribution in [3.8, 4) is 0 Å². The summed E-state index contributed by atoms with van der Waals surface area (Å²) in [7, 11) is -3.24. The second-order valence-electron chi connectivity index (χ2n) is 6.05. The van der Waals surface area contributed by atoms with Crippen molar-refractivity contribution in [2.45, 2.75) is 49.4 Å². The molecule has 0 aromatic heterocycles. The van der Waals surface area contributed by atoms with Gasteiger partial charge in [0.25, 0.3) is 0 Å². The van der Waals surface area contributed by atoms with E-state index < -0.39 is 20.8 Å². The molecular formula is C13H24N2O3S2. The van der Waals surface area contributed by atoms with Gasteiger partial charge in [-0.3, -0.25) is 4.79 Å². The van der Waals surface area contributed by atoms with Gasteiger partial charge in [0.15, 0.2) is 9.84 Å². The number of hydrogen-bond donors (Lipinski definition) is 1. The molecule has 0 bridgehead atoms. The van der Waals surface area contributed by atoms with E-state index in [9.17, 15) is 13.2 Å². The van der Waals surface area contributed by atoms with Crippen LogP contribution in [-0.2, 0) is 14.6 Å². The third kappa shape index (κ3) is 3.89. The van der Waals surface area contributed by atoms with Gasteiger partial charge < -0.3 is 10.6 Å². The number of thioether (sulfide) groups is 1. The molecule has 20 heavy (non-hydrogen) atoms. The number of carbonyl (C=O) groups is 1. The molecule has 1 saturated heterocycles. The van der Waals surface area contributed by atoms with Crippen molar-refractivity contribution in [2.24, 2.45) is 5.73 Å². The number of sulfone groups is 1. The van der Waals surface area contributed by atoms with Gasteiger partial charge in [0, 0.05) is 36.3 Å². The Bertz CT molecular complexity index is 458. The molecule has 2 fully saturated rings. The van der Waals surface area contributed by atoms with Crippen molar-refractivity contribution in [3.63, 3.8) is 0 Å². The van der Waals surface area contributed by atoms with E-state index in [2.05, 4.69) is 0 Å². The van der Waals surface area contributed by atoms with Crippen LogP contribution >= 0.6 is 11.8 Å². The first-order valence-electron chi connectivity index (χ1n) is 7.17. The van der Waals surface area contributed by atoms with Crippen LogP contribution in [0.25, 0.3) is 0 Å². The summed E-state index contributed by atoms with van der Waals surface area (Å²) in [6.07, 6.45) is 6.53. The van der Waals surface area contributed by atoms with E-state index in [1.807, 2.05) is 0 Å². The molecule has 0 spiro atoms. The van der Waals surface area contributed by atoms with Gasteiger partial charge in [0.05, 0.1) is 0 Å². The fourth-order valence-electron chi connectivity index (χ4n) is 3.06. The maximum atomic E-state index is 12.5. The Morgan fingerprint density at radius 1 is 1.35 bits per heavy atom. The molecule has 2 aliphatic rings. The molecule has 1 aliphatic carbocycles. The first-order valence-corrected chi connectivity index (χ1v) is 10.3. The van der Waals surface area contributed by atoms with Crippen molar-refractivity contribution >= 4 is 27.5 Å². The number of hydrogen-bond acceptors (Lipinski definition) is 5. The van der Waals surface area contributed by atoms with Crippen molar-refractivity contribution in [1.29, 1.82) is 0 Å². The Morgan fingerprint density at radius 2 is 2.00 bits per heavy atom. The van der Waals surface area contributed by atoms with E-state index in [4.69, 9.17) is 5.73 Å². The van der Waals surface area contributed by atoms with Crippen LogP contribution in [0.4, 0.5) is 0 Å². The molecule has 0 aromatic carbocycles. The molecule has 0 aromatic rings. The number of rotatable bonds is 3. The van der Waals surface area contributed by atoms with E-state index in [-0.39, 0.29) is 12.3 Å². The molecule has 2 N–H and O–H groups in total. The number of amides is 1. The zero-order valence-electron chi connectivity index (χ0n) is 12.0. The molecular weight excluding hydrogens is 296 g/mol. The molecule has 0 radical (unpaired) electrons. The molecule has 116 valence electrons. The van der Waals surface area contributed by atoms with Crippen LogP contribution in [0.15, 0.2) is 0 Å². The van der Waals surface area contributed by atoms with Gasteiger partial charge in [-0.1, -0.05) is 19.3 Å². The Balaban J connectivity index is 2.06. The Hall–Kier alpha value is -0.270. The van der Waals surface area contributed by atoms with Crippen molar-refractivity contribution in [1.82, 2.24) is 4.90 Å². The van der Waals surface area contributed by atoms with E-state index in [1.54, 1.807) is 11.8 Å². The summed E-state index contributed by atoms with van der Waals surface area (Å²) in [4.78, 5) is 14.0. The SMILES string of the molecule is CS(=O)(=O)C1CSCCN1C(=O)CC1(N)CCCCC1. The molecule has 1 heterocycles. The van der Waals surface area contributed by atoms with Gasteiger partial charge in [0.2, 0.25) is 5.91 Å². The second-order valence-corrected chi connectivity index (χ2v) is 9.40. The van der Waals surface area contributed by atoms with Gasteiger partial charge in [-0.15, -0.1) is 0 Å². The summed E-state index contributed by atoms with van der Waals surface area (Å²) in [6.45, 7) is 0.511. The van der Waals surface area contributed by atoms with Crippen LogP contribution < -0.4 is 5.73 Å². The van der Waals surface area contributed by atoms with Gasteiger partial charge >= 0.3 is 0 Å². The average Bonchev–Trinajstić information content (AvgIpc) is 2.38. The number of carbonyl (C=O) groups excluding carboxylic acids is 1. The van der Waals surface area contributed by atoms with Crippen molar-refractivity contribution in [2.75, 3.05) is 24.3 Å². The zero-order valence-corrected chi connectivity index (χ0v) is 13.6. The standard InChI is InChI=1S/C13H24N2O3S2/c1-20(17,18)12-10-19-8-7-15(12)11(16)9-13(14)5-3-2-4-6-13/h12H,2-10,14H2,1H3. The molecule has 1 aliphatic heterocycles. The largest absolute Gasteiger partial charge is 0.325 e. The van der Waals surface area contributed by atoms with Crippen LogP contribution in [0.1, 0.15) is 38.5 Å². The molecule has 1 amide bonds. The van der Waals surface area contributed by atoms with Crippen LogP contribution in [0, 0.1) is 0 Å². The minimum Gasteiger partial charge on any atom is -0.325 e. The number of nitrogens with zero attached hydrogens (tertiary/aromatic N) is 1. The lowest BCUT2D eigenvalue weighted by Crippen LogP contribution is -2.53. The molecule has 1 atom stereocenters. The lowest BCUT2D eigenvalue weighted by Gasteiger charge is -2.38. The molecule has 5 nitrogen and oxygen atoms in total. The average molecular weight is 320 g/mol. The zero-order chi connectivity index (χ0) is 14.8.